The molecule has 0 N–H and O–H groups in total. The van der Waals surface area contributed by atoms with Gasteiger partial charge in [-0.25, -0.2) is 13.4 Å². The molecule has 1 saturated heterocycles. The number of nitrogens with zero attached hydrogens (tertiary/aromatic N) is 3. The number of amides is 1. The van der Waals surface area contributed by atoms with Crippen molar-refractivity contribution in [1.29, 1.82) is 0 Å². The molecule has 2 aromatic carbocycles. The van der Waals surface area contributed by atoms with Crippen LogP contribution in [-0.4, -0.2) is 77.0 Å². The van der Waals surface area contributed by atoms with Gasteiger partial charge >= 0.3 is 0 Å². The van der Waals surface area contributed by atoms with Crippen molar-refractivity contribution in [2.24, 2.45) is 0 Å². The summed E-state index contributed by atoms with van der Waals surface area (Å²) in [6.45, 7) is 4.25. The van der Waals surface area contributed by atoms with Crippen LogP contribution >= 0.6 is 11.3 Å². The van der Waals surface area contributed by atoms with Crippen molar-refractivity contribution in [3.05, 3.63) is 48.0 Å². The minimum Gasteiger partial charge on any atom is -0.497 e. The summed E-state index contributed by atoms with van der Waals surface area (Å²) in [6.07, 6.45) is 1.42. The third-order valence-electron chi connectivity index (χ3n) is 5.57. The van der Waals surface area contributed by atoms with Gasteiger partial charge in [-0.1, -0.05) is 23.5 Å². The van der Waals surface area contributed by atoms with Crippen LogP contribution < -0.4 is 9.64 Å². The molecule has 0 bridgehead atoms. The first-order valence-electron chi connectivity index (χ1n) is 10.7. The Balaban J connectivity index is 1.59. The van der Waals surface area contributed by atoms with Gasteiger partial charge in [0.05, 0.1) is 41.9 Å². The maximum atomic E-state index is 13.4. The summed E-state index contributed by atoms with van der Waals surface area (Å²) in [7, 11) is -1.72. The minimum atomic E-state index is -3.32. The first-order chi connectivity index (χ1) is 15.8. The molecule has 4 rings (SSSR count). The molecule has 8 nitrogen and oxygen atoms in total. The van der Waals surface area contributed by atoms with Crippen molar-refractivity contribution >= 4 is 42.4 Å². The van der Waals surface area contributed by atoms with Crippen LogP contribution in [0.25, 0.3) is 10.2 Å². The number of anilines is 1. The number of benzene rings is 2. The van der Waals surface area contributed by atoms with Crippen molar-refractivity contribution in [3.63, 3.8) is 0 Å². The van der Waals surface area contributed by atoms with Crippen molar-refractivity contribution in [1.82, 2.24) is 9.88 Å². The molecule has 33 heavy (non-hydrogen) atoms. The predicted octanol–water partition coefficient (Wildman–Crippen LogP) is 2.62. The molecule has 0 saturated carbocycles. The van der Waals surface area contributed by atoms with E-state index in [1.165, 1.54) is 17.6 Å². The lowest BCUT2D eigenvalue weighted by atomic mass is 10.1. The minimum absolute atomic E-state index is 0.0594. The zero-order chi connectivity index (χ0) is 23.4. The lowest BCUT2D eigenvalue weighted by Gasteiger charge is -2.29. The van der Waals surface area contributed by atoms with Crippen LogP contribution in [0.3, 0.4) is 0 Å². The third kappa shape index (κ3) is 5.89. The van der Waals surface area contributed by atoms with Gasteiger partial charge < -0.3 is 9.47 Å². The van der Waals surface area contributed by atoms with Crippen molar-refractivity contribution in [2.75, 3.05) is 57.7 Å². The van der Waals surface area contributed by atoms with Gasteiger partial charge in [0.15, 0.2) is 15.0 Å². The predicted molar refractivity (Wildman–Crippen MR) is 129 cm³/mol. The topological polar surface area (TPSA) is 89.0 Å². The van der Waals surface area contributed by atoms with Crippen LogP contribution in [0.4, 0.5) is 5.13 Å². The molecule has 0 spiro atoms. The Morgan fingerprint density at radius 3 is 2.58 bits per heavy atom. The average molecular weight is 490 g/mol. The molecule has 0 aliphatic carbocycles. The molecule has 2 heterocycles. The highest BCUT2D eigenvalue weighted by molar-refractivity contribution is 7.90. The number of methoxy groups -OCH3 is 1. The number of carbonyl (C=O) groups is 1. The molecule has 1 fully saturated rings. The van der Waals surface area contributed by atoms with E-state index >= 15 is 0 Å². The molecule has 10 heteroatoms. The number of rotatable bonds is 8. The number of hydrogen-bond donors (Lipinski definition) is 0. The number of aromatic nitrogens is 1. The summed E-state index contributed by atoms with van der Waals surface area (Å²) in [5, 5.41) is 0.572. The number of thiazole rings is 1. The third-order valence-corrected chi connectivity index (χ3v) is 7.72. The molecule has 176 valence electrons. The van der Waals surface area contributed by atoms with E-state index in [1.807, 2.05) is 24.3 Å². The van der Waals surface area contributed by atoms with Gasteiger partial charge in [-0.05, 0) is 35.9 Å². The Kier molecular flexibility index (Phi) is 7.28. The summed E-state index contributed by atoms with van der Waals surface area (Å²) in [5.41, 5.74) is 1.56. The number of fused-ring (bicyclic) bond motifs is 1. The molecule has 0 atom stereocenters. The summed E-state index contributed by atoms with van der Waals surface area (Å²) >= 11 is 1.33. The maximum Gasteiger partial charge on any atom is 0.233 e. The van der Waals surface area contributed by atoms with Crippen molar-refractivity contribution in [2.45, 2.75) is 11.3 Å². The fraction of sp³-hybridized carbons (Fsp3) is 0.391. The summed E-state index contributed by atoms with van der Waals surface area (Å²) in [4.78, 5) is 22.2. The number of ether oxygens (including phenoxy) is 2. The van der Waals surface area contributed by atoms with Gasteiger partial charge in [0.2, 0.25) is 5.91 Å². The normalized spacial score (nSPS) is 15.0. The molecule has 3 aromatic rings. The first-order valence-corrected chi connectivity index (χ1v) is 13.4. The van der Waals surface area contributed by atoms with E-state index in [9.17, 15) is 13.2 Å². The average Bonchev–Trinajstić information content (AvgIpc) is 3.23. The van der Waals surface area contributed by atoms with E-state index in [2.05, 4.69) is 9.88 Å². The zero-order valence-corrected chi connectivity index (χ0v) is 20.3. The van der Waals surface area contributed by atoms with Gasteiger partial charge in [0.1, 0.15) is 5.75 Å². The Hall–Kier alpha value is -2.53. The van der Waals surface area contributed by atoms with Crippen LogP contribution in [0, 0.1) is 0 Å². The number of hydrogen-bond acceptors (Lipinski definition) is 8. The zero-order valence-electron chi connectivity index (χ0n) is 18.7. The van der Waals surface area contributed by atoms with E-state index in [0.29, 0.717) is 37.0 Å². The monoisotopic (exact) mass is 489 g/mol. The second kappa shape index (κ2) is 10.2. The maximum absolute atomic E-state index is 13.4. The van der Waals surface area contributed by atoms with Crippen LogP contribution in [0.2, 0.25) is 0 Å². The molecule has 1 amide bonds. The van der Waals surface area contributed by atoms with Crippen LogP contribution in [0.5, 0.6) is 5.75 Å². The second-order valence-corrected chi connectivity index (χ2v) is 10.9. The number of morpholine rings is 1. The standard InChI is InChI=1S/C23H27N3O5S2/c1-30-18-5-3-17(4-6-18)15-22(27)26(10-9-25-11-13-31-14-12-25)23-24-20-8-7-19(33(2,28)29)16-21(20)32-23/h3-8,16H,9-15H2,1-2H3. The molecule has 1 aromatic heterocycles. The van der Waals surface area contributed by atoms with Crippen LogP contribution in [0.15, 0.2) is 47.4 Å². The van der Waals surface area contributed by atoms with Gasteiger partial charge in [0, 0.05) is 32.4 Å². The highest BCUT2D eigenvalue weighted by Crippen LogP contribution is 2.31. The molecular formula is C23H27N3O5S2. The van der Waals surface area contributed by atoms with E-state index in [-0.39, 0.29) is 17.2 Å². The summed E-state index contributed by atoms with van der Waals surface area (Å²) < 4.78 is 35.3. The highest BCUT2D eigenvalue weighted by atomic mass is 32.2. The SMILES string of the molecule is COc1ccc(CC(=O)N(CCN2CCOCC2)c2nc3ccc(S(C)(=O)=O)cc3s2)cc1. The van der Waals surface area contributed by atoms with Gasteiger partial charge in [-0.2, -0.15) is 0 Å². The lowest BCUT2D eigenvalue weighted by Crippen LogP contribution is -2.43. The Labute approximate surface area is 197 Å². The summed E-state index contributed by atoms with van der Waals surface area (Å²) in [6, 6.07) is 12.3. The van der Waals surface area contributed by atoms with E-state index in [1.54, 1.807) is 30.2 Å². The molecule has 0 radical (unpaired) electrons. The molecule has 0 unspecified atom stereocenters. The lowest BCUT2D eigenvalue weighted by molar-refractivity contribution is -0.118. The fourth-order valence-electron chi connectivity index (χ4n) is 3.65. The fourth-order valence-corrected chi connectivity index (χ4v) is 5.42. The van der Waals surface area contributed by atoms with Crippen molar-refractivity contribution < 1.29 is 22.7 Å². The van der Waals surface area contributed by atoms with Gasteiger partial charge in [0.25, 0.3) is 0 Å². The van der Waals surface area contributed by atoms with Crippen LogP contribution in [0.1, 0.15) is 5.56 Å². The van der Waals surface area contributed by atoms with Gasteiger partial charge in [-0.3, -0.25) is 14.6 Å². The molecular weight excluding hydrogens is 462 g/mol. The summed E-state index contributed by atoms with van der Waals surface area (Å²) in [5.74, 6) is 0.680. The highest BCUT2D eigenvalue weighted by Gasteiger charge is 2.22. The Morgan fingerprint density at radius 1 is 1.18 bits per heavy atom. The number of sulfone groups is 1. The largest absolute Gasteiger partial charge is 0.497 e. The smallest absolute Gasteiger partial charge is 0.233 e. The van der Waals surface area contributed by atoms with Crippen LogP contribution in [-0.2, 0) is 25.8 Å². The Bertz CT molecular complexity index is 1220. The number of carbonyl (C=O) groups excluding carboxylic acids is 1. The van der Waals surface area contributed by atoms with Crippen molar-refractivity contribution in [3.8, 4) is 5.75 Å². The van der Waals surface area contributed by atoms with E-state index in [4.69, 9.17) is 9.47 Å². The molecule has 1 aliphatic rings. The second-order valence-electron chi connectivity index (χ2n) is 7.92. The molecule has 1 aliphatic heterocycles. The van der Waals surface area contributed by atoms with E-state index in [0.717, 1.165) is 29.1 Å². The first kappa shape index (κ1) is 23.6. The quantitative estimate of drug-likeness (QED) is 0.481. The Morgan fingerprint density at radius 2 is 1.91 bits per heavy atom. The van der Waals surface area contributed by atoms with E-state index < -0.39 is 9.84 Å². The van der Waals surface area contributed by atoms with Gasteiger partial charge in [-0.15, -0.1) is 0 Å².